The minimum absolute atomic E-state index is 0. The number of benzene rings is 2. The molecule has 0 spiro atoms. The van der Waals surface area contributed by atoms with Crippen molar-refractivity contribution in [3.05, 3.63) is 90.6 Å². The van der Waals surface area contributed by atoms with Crippen LogP contribution in [0.2, 0.25) is 0 Å². The Morgan fingerprint density at radius 3 is 1.76 bits per heavy atom. The van der Waals surface area contributed by atoms with E-state index < -0.39 is 0 Å². The minimum atomic E-state index is 0. The summed E-state index contributed by atoms with van der Waals surface area (Å²) in [6, 6.07) is 15.1. The van der Waals surface area contributed by atoms with Crippen LogP contribution in [0.15, 0.2) is 73.3 Å². The molecule has 37 heavy (non-hydrogen) atoms. The summed E-state index contributed by atoms with van der Waals surface area (Å²) in [7, 11) is 0. The van der Waals surface area contributed by atoms with E-state index >= 15 is 0 Å². The zero-order valence-corrected chi connectivity index (χ0v) is 26.8. The Morgan fingerprint density at radius 2 is 1.43 bits per heavy atom. The maximum atomic E-state index is 3.82. The number of hydrogen-bond acceptors (Lipinski definition) is 0. The second-order valence-electron chi connectivity index (χ2n) is 10.6. The molecule has 1 unspecified atom stereocenters. The van der Waals surface area contributed by atoms with Crippen LogP contribution in [-0.2, 0) is 24.2 Å². The first-order valence-corrected chi connectivity index (χ1v) is 14.2. The zero-order valence-electron chi connectivity index (χ0n) is 22.8. The first kappa shape index (κ1) is 33.6. The molecule has 1 fully saturated rings. The quantitative estimate of drug-likeness (QED) is 0.393. The predicted octanol–water partition coefficient (Wildman–Crippen LogP) is 4.03. The van der Waals surface area contributed by atoms with Crippen molar-refractivity contribution in [2.75, 3.05) is 0 Å². The number of fused-ring (bicyclic) bond motifs is 3. The van der Waals surface area contributed by atoms with Gasteiger partial charge in [0.15, 0.2) is 0 Å². The molecule has 0 radical (unpaired) electrons. The molecular weight excluding hydrogens is 571 g/mol. The Morgan fingerprint density at radius 1 is 0.919 bits per heavy atom. The van der Waals surface area contributed by atoms with Crippen molar-refractivity contribution in [2.24, 2.45) is 11.3 Å². The molecule has 0 nitrogen and oxygen atoms in total. The van der Waals surface area contributed by atoms with E-state index in [1.54, 1.807) is 27.4 Å². The van der Waals surface area contributed by atoms with E-state index in [0.717, 1.165) is 11.1 Å². The molecule has 3 heteroatoms. The predicted molar refractivity (Wildman–Crippen MR) is 154 cm³/mol. The Labute approximate surface area is 252 Å². The fourth-order valence-corrected chi connectivity index (χ4v) is 5.35. The van der Waals surface area contributed by atoms with Gasteiger partial charge in [0.05, 0.1) is 0 Å². The van der Waals surface area contributed by atoms with E-state index in [1.807, 2.05) is 12.2 Å². The molecule has 0 saturated heterocycles. The summed E-state index contributed by atoms with van der Waals surface area (Å²) in [6.45, 7) is 16.6. The van der Waals surface area contributed by atoms with Crippen LogP contribution in [-0.4, -0.2) is 3.21 Å². The van der Waals surface area contributed by atoms with Crippen molar-refractivity contribution in [1.82, 2.24) is 0 Å². The molecule has 3 aromatic rings. The van der Waals surface area contributed by atoms with Gasteiger partial charge >= 0.3 is 59.5 Å². The normalized spacial score (nSPS) is 16.4. The van der Waals surface area contributed by atoms with Crippen molar-refractivity contribution in [2.45, 2.75) is 66.2 Å². The third-order valence-corrected chi connectivity index (χ3v) is 8.05. The van der Waals surface area contributed by atoms with E-state index in [0.29, 0.717) is 11.3 Å². The molecule has 1 saturated carbocycles. The van der Waals surface area contributed by atoms with Gasteiger partial charge in [-0.05, 0) is 11.1 Å². The maximum absolute atomic E-state index is 3.82. The van der Waals surface area contributed by atoms with Gasteiger partial charge in [-0.15, -0.1) is 39.7 Å². The molecule has 0 aliphatic heterocycles. The van der Waals surface area contributed by atoms with Crippen LogP contribution in [0.4, 0.5) is 0 Å². The molecule has 5 rings (SSSR count). The Bertz CT molecular complexity index is 1180. The second-order valence-corrected chi connectivity index (χ2v) is 12.3. The van der Waals surface area contributed by atoms with Crippen molar-refractivity contribution in [3.8, 4) is 0 Å². The summed E-state index contributed by atoms with van der Waals surface area (Å²) in [5.41, 5.74) is 4.06. The number of halogens is 2. The van der Waals surface area contributed by atoms with Gasteiger partial charge in [-0.3, -0.25) is 6.08 Å². The Kier molecular flexibility index (Phi) is 14.4. The summed E-state index contributed by atoms with van der Waals surface area (Å²) in [6.07, 6.45) is 20.1. The molecule has 0 aromatic heterocycles. The van der Waals surface area contributed by atoms with Gasteiger partial charge in [0.1, 0.15) is 0 Å². The van der Waals surface area contributed by atoms with Gasteiger partial charge in [0, 0.05) is 0 Å². The van der Waals surface area contributed by atoms with E-state index in [9.17, 15) is 0 Å². The summed E-state index contributed by atoms with van der Waals surface area (Å²) in [4.78, 5) is 0. The fourth-order valence-electron chi connectivity index (χ4n) is 4.48. The van der Waals surface area contributed by atoms with Gasteiger partial charge < -0.3 is 24.8 Å². The van der Waals surface area contributed by atoms with Crippen LogP contribution in [0.25, 0.3) is 33.7 Å². The molecule has 0 amide bonds. The van der Waals surface area contributed by atoms with Crippen molar-refractivity contribution >= 4 is 36.9 Å². The summed E-state index contributed by atoms with van der Waals surface area (Å²) in [5, 5.41) is 5.15. The average molecular weight is 611 g/mol. The van der Waals surface area contributed by atoms with Crippen LogP contribution in [0.1, 0.15) is 77.3 Å². The van der Waals surface area contributed by atoms with Crippen LogP contribution >= 0.6 is 0 Å². The molecule has 196 valence electrons. The van der Waals surface area contributed by atoms with Gasteiger partial charge in [-0.1, -0.05) is 95.0 Å². The van der Waals surface area contributed by atoms with Crippen LogP contribution in [0.5, 0.6) is 0 Å². The molecular formula is C34H40Cl2Zr-2. The van der Waals surface area contributed by atoms with E-state index in [-0.39, 0.29) is 24.8 Å². The SMILES string of the molecule is C=Cc1ccc2[cH-]c3ccc(C=C)cc3c2c1.CCC1[C-]=CC(C(C)(C)C)=C1.[Cl-].[Cl-].[Zr+2]=[C]1CCCCC1. The van der Waals surface area contributed by atoms with Crippen molar-refractivity contribution in [3.63, 3.8) is 0 Å². The molecule has 0 N–H and O–H groups in total. The Hall–Kier alpha value is -1.40. The van der Waals surface area contributed by atoms with E-state index in [1.165, 1.54) is 65.6 Å². The molecule has 2 aliphatic carbocycles. The van der Waals surface area contributed by atoms with Crippen molar-refractivity contribution in [1.29, 1.82) is 0 Å². The van der Waals surface area contributed by atoms with Gasteiger partial charge in [-0.25, -0.2) is 6.08 Å². The fraction of sp³-hybridized carbons (Fsp3) is 0.353. The number of hydrogen-bond donors (Lipinski definition) is 0. The molecule has 2 aliphatic rings. The van der Waals surface area contributed by atoms with Gasteiger partial charge in [-0.2, -0.15) is 11.6 Å². The summed E-state index contributed by atoms with van der Waals surface area (Å²) in [5.74, 6) is 0.573. The Balaban J connectivity index is 0.000000297. The first-order chi connectivity index (χ1) is 16.7. The first-order valence-electron chi connectivity index (χ1n) is 13.0. The topological polar surface area (TPSA) is 0 Å². The van der Waals surface area contributed by atoms with Crippen LogP contribution in [0.3, 0.4) is 0 Å². The van der Waals surface area contributed by atoms with Gasteiger partial charge in [0.2, 0.25) is 0 Å². The average Bonchev–Trinajstić information content (AvgIpc) is 3.49. The van der Waals surface area contributed by atoms with Crippen molar-refractivity contribution < 1.29 is 49.0 Å². The monoisotopic (exact) mass is 608 g/mol. The number of allylic oxidation sites excluding steroid dienone is 4. The van der Waals surface area contributed by atoms with Gasteiger partial charge in [0.25, 0.3) is 0 Å². The van der Waals surface area contributed by atoms with E-state index in [4.69, 9.17) is 0 Å². The molecule has 0 bridgehead atoms. The summed E-state index contributed by atoms with van der Waals surface area (Å²) >= 11 is 1.69. The van der Waals surface area contributed by atoms with Crippen LogP contribution in [0, 0.1) is 17.4 Å². The molecule has 3 aromatic carbocycles. The third-order valence-electron chi connectivity index (χ3n) is 6.82. The molecule has 1 atom stereocenters. The standard InChI is InChI=1S/C17H13.C11H17.C6H10.2ClH.Zr/c1-3-12-5-7-14-11-15-8-6-13(4-2)10-17(15)16(14)9-12;1-5-9-6-7-10(8-9)11(2,3)4;1-2-4-6-5-3-1;;;/h3-11H,1-2H2;7-9H,5H2,1-4H3;1-5H2;2*1H;/q2*-1;;;;+2/p-2. The molecule has 0 heterocycles. The van der Waals surface area contributed by atoms with E-state index in [2.05, 4.69) is 102 Å². The zero-order chi connectivity index (χ0) is 25.4. The second kappa shape index (κ2) is 15.9. The number of rotatable bonds is 3. The third kappa shape index (κ3) is 9.69. The summed E-state index contributed by atoms with van der Waals surface area (Å²) < 4.78 is 1.80. The van der Waals surface area contributed by atoms with Crippen LogP contribution < -0.4 is 24.8 Å².